The van der Waals surface area contributed by atoms with Gasteiger partial charge in [-0.15, -0.1) is 0 Å². The van der Waals surface area contributed by atoms with Crippen LogP contribution in [0.2, 0.25) is 0 Å². The third kappa shape index (κ3) is 3.69. The van der Waals surface area contributed by atoms with Gasteiger partial charge in [0.15, 0.2) is 5.78 Å². The summed E-state index contributed by atoms with van der Waals surface area (Å²) in [6, 6.07) is 8.66. The van der Waals surface area contributed by atoms with E-state index in [1.165, 1.54) is 18.4 Å². The third-order valence-corrected chi connectivity index (χ3v) is 4.49. The molecule has 1 saturated heterocycles. The van der Waals surface area contributed by atoms with Gasteiger partial charge in [0, 0.05) is 18.2 Å². The summed E-state index contributed by atoms with van der Waals surface area (Å²) < 4.78 is 0. The molecule has 20 heavy (non-hydrogen) atoms. The van der Waals surface area contributed by atoms with E-state index >= 15 is 0 Å². The summed E-state index contributed by atoms with van der Waals surface area (Å²) in [6.45, 7) is 10.5. The van der Waals surface area contributed by atoms with Crippen molar-refractivity contribution in [2.45, 2.75) is 52.5 Å². The average molecular weight is 273 g/mol. The van der Waals surface area contributed by atoms with Crippen LogP contribution in [0.4, 0.5) is 0 Å². The van der Waals surface area contributed by atoms with E-state index in [1.54, 1.807) is 0 Å². The van der Waals surface area contributed by atoms with Crippen molar-refractivity contribution in [1.82, 2.24) is 4.90 Å². The molecule has 1 aliphatic heterocycles. The van der Waals surface area contributed by atoms with Gasteiger partial charge in [0.25, 0.3) is 0 Å². The van der Waals surface area contributed by atoms with E-state index in [2.05, 4.69) is 44.7 Å². The molecule has 0 aliphatic carbocycles. The number of hydrogen-bond donors (Lipinski definition) is 0. The van der Waals surface area contributed by atoms with Crippen molar-refractivity contribution < 1.29 is 4.79 Å². The van der Waals surface area contributed by atoms with E-state index < -0.39 is 0 Å². The topological polar surface area (TPSA) is 20.3 Å². The molecule has 2 heteroatoms. The molecule has 0 radical (unpaired) electrons. The first kappa shape index (κ1) is 15.2. The second-order valence-electron chi connectivity index (χ2n) is 6.66. The highest BCUT2D eigenvalue weighted by atomic mass is 16.1. The average Bonchev–Trinajstić information content (AvgIpc) is 2.43. The molecule has 0 amide bonds. The molecule has 1 heterocycles. The Labute approximate surface area is 123 Å². The first-order valence-corrected chi connectivity index (χ1v) is 7.84. The molecule has 0 bridgehead atoms. The summed E-state index contributed by atoms with van der Waals surface area (Å²) in [5.41, 5.74) is 2.14. The van der Waals surface area contributed by atoms with Crippen molar-refractivity contribution in [3.63, 3.8) is 0 Å². The van der Waals surface area contributed by atoms with Gasteiger partial charge in [0.1, 0.15) is 0 Å². The zero-order chi connectivity index (χ0) is 14.7. The Kier molecular flexibility index (Phi) is 4.98. The predicted octanol–water partition coefficient (Wildman–Crippen LogP) is 4.11. The Morgan fingerprint density at radius 3 is 2.45 bits per heavy atom. The van der Waals surface area contributed by atoms with Crippen LogP contribution in [-0.4, -0.2) is 29.8 Å². The summed E-state index contributed by atoms with van der Waals surface area (Å²) in [6.07, 6.45) is 2.50. The predicted molar refractivity (Wildman–Crippen MR) is 84.3 cm³/mol. The van der Waals surface area contributed by atoms with Crippen LogP contribution in [0, 0.1) is 5.92 Å². The minimum atomic E-state index is 0.251. The molecule has 2 nitrogen and oxygen atoms in total. The molecule has 1 fully saturated rings. The van der Waals surface area contributed by atoms with Crippen LogP contribution in [0.25, 0.3) is 0 Å². The number of rotatable bonds is 4. The van der Waals surface area contributed by atoms with Crippen LogP contribution >= 0.6 is 0 Å². The lowest BCUT2D eigenvalue weighted by Crippen LogP contribution is -2.43. The number of piperidine rings is 1. The Morgan fingerprint density at radius 1 is 1.20 bits per heavy atom. The molecule has 0 aromatic heterocycles. The van der Waals surface area contributed by atoms with Gasteiger partial charge < -0.3 is 0 Å². The Morgan fingerprint density at radius 2 is 1.85 bits per heavy atom. The second-order valence-corrected chi connectivity index (χ2v) is 6.66. The number of carbonyl (C=O) groups is 1. The minimum Gasteiger partial charge on any atom is -0.293 e. The van der Waals surface area contributed by atoms with Crippen molar-refractivity contribution in [2.75, 3.05) is 13.1 Å². The zero-order valence-electron chi connectivity index (χ0n) is 13.2. The van der Waals surface area contributed by atoms with Crippen LogP contribution in [0.1, 0.15) is 62.4 Å². The van der Waals surface area contributed by atoms with Crippen LogP contribution < -0.4 is 0 Å². The van der Waals surface area contributed by atoms with Crippen LogP contribution in [-0.2, 0) is 0 Å². The molecule has 2 rings (SSSR count). The Balaban J connectivity index is 2.00. The molecule has 110 valence electrons. The monoisotopic (exact) mass is 273 g/mol. The highest BCUT2D eigenvalue weighted by Gasteiger charge is 2.24. The van der Waals surface area contributed by atoms with Gasteiger partial charge in [-0.2, -0.15) is 0 Å². The second kappa shape index (κ2) is 6.53. The maximum absolute atomic E-state index is 12.4. The van der Waals surface area contributed by atoms with Crippen LogP contribution in [0.5, 0.6) is 0 Å². The van der Waals surface area contributed by atoms with Crippen molar-refractivity contribution in [3.05, 3.63) is 35.4 Å². The SMILES string of the molecule is CC1CCC(C)N(CC(=O)c2ccc(C(C)C)cc2)C1. The van der Waals surface area contributed by atoms with E-state index in [4.69, 9.17) is 0 Å². The minimum absolute atomic E-state index is 0.251. The summed E-state index contributed by atoms with van der Waals surface area (Å²) in [7, 11) is 0. The summed E-state index contributed by atoms with van der Waals surface area (Å²) in [5.74, 6) is 1.48. The molecule has 1 aromatic rings. The van der Waals surface area contributed by atoms with Crippen LogP contribution in [0.15, 0.2) is 24.3 Å². The number of likely N-dealkylation sites (tertiary alicyclic amines) is 1. The van der Waals surface area contributed by atoms with Gasteiger partial charge in [-0.1, -0.05) is 45.0 Å². The van der Waals surface area contributed by atoms with E-state index in [-0.39, 0.29) is 5.78 Å². The molecule has 2 unspecified atom stereocenters. The number of benzene rings is 1. The molecule has 0 saturated carbocycles. The molecule has 1 aliphatic rings. The van der Waals surface area contributed by atoms with E-state index in [9.17, 15) is 4.79 Å². The van der Waals surface area contributed by atoms with Crippen molar-refractivity contribution in [2.24, 2.45) is 5.92 Å². The number of Topliss-reactive ketones (excluding diaryl/α,β-unsaturated/α-hetero) is 1. The quantitative estimate of drug-likeness (QED) is 0.769. The largest absolute Gasteiger partial charge is 0.293 e. The Hall–Kier alpha value is -1.15. The lowest BCUT2D eigenvalue weighted by molar-refractivity contribution is 0.0805. The first-order chi connectivity index (χ1) is 9.47. The number of ketones is 1. The van der Waals surface area contributed by atoms with Gasteiger partial charge >= 0.3 is 0 Å². The van der Waals surface area contributed by atoms with Crippen molar-refractivity contribution >= 4 is 5.78 Å². The van der Waals surface area contributed by atoms with Gasteiger partial charge in [-0.3, -0.25) is 9.69 Å². The van der Waals surface area contributed by atoms with Crippen LogP contribution in [0.3, 0.4) is 0 Å². The smallest absolute Gasteiger partial charge is 0.176 e. The number of carbonyl (C=O) groups excluding carboxylic acids is 1. The van der Waals surface area contributed by atoms with Gasteiger partial charge in [0.05, 0.1) is 6.54 Å². The Bertz CT molecular complexity index is 449. The molecular weight excluding hydrogens is 246 g/mol. The van der Waals surface area contributed by atoms with E-state index in [0.717, 1.165) is 12.1 Å². The maximum Gasteiger partial charge on any atom is 0.176 e. The number of nitrogens with zero attached hydrogens (tertiary/aromatic N) is 1. The first-order valence-electron chi connectivity index (χ1n) is 7.84. The van der Waals surface area contributed by atoms with Gasteiger partial charge in [0.2, 0.25) is 0 Å². The fourth-order valence-corrected chi connectivity index (χ4v) is 2.93. The molecule has 0 spiro atoms. The zero-order valence-corrected chi connectivity index (χ0v) is 13.2. The standard InChI is InChI=1S/C18H27NO/c1-13(2)16-7-9-17(10-8-16)18(20)12-19-11-14(3)5-6-15(19)4/h7-10,13-15H,5-6,11-12H2,1-4H3. The summed E-state index contributed by atoms with van der Waals surface area (Å²) in [5, 5.41) is 0. The molecule has 2 atom stereocenters. The normalized spacial score (nSPS) is 24.1. The lowest BCUT2D eigenvalue weighted by Gasteiger charge is -2.36. The van der Waals surface area contributed by atoms with E-state index in [1.807, 2.05) is 12.1 Å². The highest BCUT2D eigenvalue weighted by Crippen LogP contribution is 2.22. The maximum atomic E-state index is 12.4. The lowest BCUT2D eigenvalue weighted by atomic mass is 9.94. The fourth-order valence-electron chi connectivity index (χ4n) is 2.93. The summed E-state index contributed by atoms with van der Waals surface area (Å²) in [4.78, 5) is 14.7. The summed E-state index contributed by atoms with van der Waals surface area (Å²) >= 11 is 0. The highest BCUT2D eigenvalue weighted by molar-refractivity contribution is 5.97. The molecular formula is C18H27NO. The van der Waals surface area contributed by atoms with E-state index in [0.29, 0.717) is 24.4 Å². The third-order valence-electron chi connectivity index (χ3n) is 4.49. The van der Waals surface area contributed by atoms with Crippen molar-refractivity contribution in [3.8, 4) is 0 Å². The van der Waals surface area contributed by atoms with Gasteiger partial charge in [-0.25, -0.2) is 0 Å². The molecule has 1 aromatic carbocycles. The van der Waals surface area contributed by atoms with Gasteiger partial charge in [-0.05, 0) is 37.2 Å². The number of hydrogen-bond acceptors (Lipinski definition) is 2. The van der Waals surface area contributed by atoms with Crippen molar-refractivity contribution in [1.29, 1.82) is 0 Å². The molecule has 0 N–H and O–H groups in total. The fraction of sp³-hybridized carbons (Fsp3) is 0.611.